The molecule has 0 saturated carbocycles. The van der Waals surface area contributed by atoms with Crippen LogP contribution in [0.1, 0.15) is 6.92 Å². The Morgan fingerprint density at radius 1 is 1.15 bits per heavy atom. The van der Waals surface area contributed by atoms with Crippen LogP contribution >= 0.6 is 11.6 Å². The highest BCUT2D eigenvalue weighted by Crippen LogP contribution is 2.26. The normalized spacial score (nSPS) is 14.9. The lowest BCUT2D eigenvalue weighted by atomic mass is 10.2. The van der Waals surface area contributed by atoms with Gasteiger partial charge in [0, 0.05) is 0 Å². The Kier molecular flexibility index (Phi) is 6.36. The molecule has 1 amide bonds. The van der Waals surface area contributed by atoms with Crippen LogP contribution in [0, 0.1) is 0 Å². The summed E-state index contributed by atoms with van der Waals surface area (Å²) in [5.74, 6) is 0.312. The Morgan fingerprint density at radius 3 is 2.58 bits per heavy atom. The van der Waals surface area contributed by atoms with Crippen molar-refractivity contribution in [1.29, 1.82) is 0 Å². The minimum absolute atomic E-state index is 0.0776. The Morgan fingerprint density at radius 2 is 1.85 bits per heavy atom. The number of benzene rings is 2. The van der Waals surface area contributed by atoms with E-state index in [4.69, 9.17) is 16.3 Å². The van der Waals surface area contributed by atoms with Crippen molar-refractivity contribution in [1.82, 2.24) is 0 Å². The van der Waals surface area contributed by atoms with Crippen molar-refractivity contribution in [3.63, 3.8) is 0 Å². The van der Waals surface area contributed by atoms with Gasteiger partial charge in [0.15, 0.2) is 6.61 Å². The zero-order chi connectivity index (χ0) is 18.4. The fraction of sp³-hybridized carbons (Fsp3) is 0.350. The fourth-order valence-corrected chi connectivity index (χ4v) is 3.35. The van der Waals surface area contributed by atoms with Crippen LogP contribution in [-0.2, 0) is 4.79 Å². The van der Waals surface area contributed by atoms with Crippen LogP contribution in [-0.4, -0.2) is 45.2 Å². The van der Waals surface area contributed by atoms with Gasteiger partial charge in [-0.15, -0.1) is 0 Å². The molecule has 1 aliphatic heterocycles. The number of carbonyl (C=O) groups excluding carboxylic acids is 1. The van der Waals surface area contributed by atoms with Gasteiger partial charge in [-0.3, -0.25) is 4.79 Å². The third kappa shape index (κ3) is 4.68. The van der Waals surface area contributed by atoms with E-state index in [-0.39, 0.29) is 12.5 Å². The number of hydrogen-bond donors (Lipinski definition) is 2. The van der Waals surface area contributed by atoms with Crippen molar-refractivity contribution < 1.29 is 14.4 Å². The molecule has 0 atom stereocenters. The quantitative estimate of drug-likeness (QED) is 0.813. The lowest BCUT2D eigenvalue weighted by Crippen LogP contribution is -3.14. The van der Waals surface area contributed by atoms with Crippen molar-refractivity contribution in [2.45, 2.75) is 6.92 Å². The molecule has 0 aromatic heterocycles. The first-order chi connectivity index (χ1) is 12.7. The number of nitrogens with zero attached hydrogens (tertiary/aromatic N) is 1. The molecule has 5 nitrogen and oxygen atoms in total. The number of carbonyl (C=O) groups is 1. The number of quaternary nitrogens is 1. The van der Waals surface area contributed by atoms with Gasteiger partial charge in [-0.1, -0.05) is 35.9 Å². The number of rotatable bonds is 6. The first-order valence-electron chi connectivity index (χ1n) is 9.02. The Hall–Kier alpha value is -2.24. The van der Waals surface area contributed by atoms with Crippen molar-refractivity contribution in [2.24, 2.45) is 0 Å². The molecule has 0 aliphatic carbocycles. The summed E-state index contributed by atoms with van der Waals surface area (Å²) in [6, 6.07) is 15.1. The topological polar surface area (TPSA) is 46.0 Å². The monoisotopic (exact) mass is 374 g/mol. The van der Waals surface area contributed by atoms with Crippen LogP contribution in [0.2, 0.25) is 5.02 Å². The third-order valence-electron chi connectivity index (χ3n) is 4.68. The number of para-hydroxylation sites is 3. The number of likely N-dealkylation sites (N-methyl/N-ethyl adjacent to an activating group) is 1. The van der Waals surface area contributed by atoms with Crippen molar-refractivity contribution >= 4 is 28.9 Å². The van der Waals surface area contributed by atoms with E-state index in [2.05, 4.69) is 23.2 Å². The van der Waals surface area contributed by atoms with Gasteiger partial charge in [0.1, 0.15) is 5.75 Å². The van der Waals surface area contributed by atoms with Gasteiger partial charge in [-0.2, -0.15) is 0 Å². The van der Waals surface area contributed by atoms with Crippen LogP contribution < -0.4 is 19.9 Å². The number of piperazine rings is 1. The second-order valence-electron chi connectivity index (χ2n) is 6.38. The molecular weight excluding hydrogens is 350 g/mol. The van der Waals surface area contributed by atoms with Gasteiger partial charge < -0.3 is 19.9 Å². The van der Waals surface area contributed by atoms with Crippen LogP contribution in [0.15, 0.2) is 48.5 Å². The maximum absolute atomic E-state index is 12.3. The predicted molar refractivity (Wildman–Crippen MR) is 105 cm³/mol. The molecule has 0 bridgehead atoms. The molecule has 0 spiro atoms. The molecule has 2 aromatic rings. The van der Waals surface area contributed by atoms with Gasteiger partial charge in [-0.25, -0.2) is 0 Å². The minimum atomic E-state index is -0.199. The van der Waals surface area contributed by atoms with E-state index < -0.39 is 0 Å². The SMILES string of the molecule is CC[NH+]1CCN(c2ccccc2NC(=O)COc2ccccc2Cl)CC1. The van der Waals surface area contributed by atoms with Gasteiger partial charge >= 0.3 is 0 Å². The number of amides is 1. The summed E-state index contributed by atoms with van der Waals surface area (Å²) in [4.78, 5) is 16.3. The van der Waals surface area contributed by atoms with Gasteiger partial charge in [0.2, 0.25) is 0 Å². The largest absolute Gasteiger partial charge is 0.482 e. The number of hydrogen-bond acceptors (Lipinski definition) is 3. The smallest absolute Gasteiger partial charge is 0.262 e. The van der Waals surface area contributed by atoms with E-state index in [0.717, 1.165) is 44.1 Å². The summed E-state index contributed by atoms with van der Waals surface area (Å²) in [5.41, 5.74) is 1.88. The molecule has 0 unspecified atom stereocenters. The molecule has 138 valence electrons. The summed E-state index contributed by atoms with van der Waals surface area (Å²) >= 11 is 6.05. The fourth-order valence-electron chi connectivity index (χ4n) is 3.16. The first kappa shape index (κ1) is 18.5. The van der Waals surface area contributed by atoms with E-state index in [1.54, 1.807) is 17.0 Å². The van der Waals surface area contributed by atoms with Crippen molar-refractivity contribution in [2.75, 3.05) is 49.5 Å². The average Bonchev–Trinajstić information content (AvgIpc) is 2.68. The highest BCUT2D eigenvalue weighted by Gasteiger charge is 2.21. The Balaban J connectivity index is 1.61. The summed E-state index contributed by atoms with van der Waals surface area (Å²) in [6.07, 6.45) is 0. The lowest BCUT2D eigenvalue weighted by molar-refractivity contribution is -0.898. The molecule has 1 heterocycles. The van der Waals surface area contributed by atoms with Crippen LogP contribution in [0.4, 0.5) is 11.4 Å². The third-order valence-corrected chi connectivity index (χ3v) is 5.00. The summed E-state index contributed by atoms with van der Waals surface area (Å²) in [6.45, 7) is 7.52. The second-order valence-corrected chi connectivity index (χ2v) is 6.78. The summed E-state index contributed by atoms with van der Waals surface area (Å²) in [7, 11) is 0. The Bertz CT molecular complexity index is 745. The van der Waals surface area contributed by atoms with Crippen molar-refractivity contribution in [3.05, 3.63) is 53.6 Å². The Labute approximate surface area is 159 Å². The molecule has 1 fully saturated rings. The van der Waals surface area contributed by atoms with E-state index >= 15 is 0 Å². The minimum Gasteiger partial charge on any atom is -0.482 e. The number of ether oxygens (including phenoxy) is 1. The van der Waals surface area contributed by atoms with E-state index in [9.17, 15) is 4.79 Å². The number of nitrogens with one attached hydrogen (secondary N) is 2. The summed E-state index contributed by atoms with van der Waals surface area (Å²) in [5, 5.41) is 3.46. The van der Waals surface area contributed by atoms with Crippen molar-refractivity contribution in [3.8, 4) is 5.75 Å². The highest BCUT2D eigenvalue weighted by molar-refractivity contribution is 6.32. The van der Waals surface area contributed by atoms with Crippen LogP contribution in [0.5, 0.6) is 5.75 Å². The van der Waals surface area contributed by atoms with Gasteiger partial charge in [0.05, 0.1) is 49.1 Å². The van der Waals surface area contributed by atoms with Crippen LogP contribution in [0.3, 0.4) is 0 Å². The van der Waals surface area contributed by atoms with Crippen LogP contribution in [0.25, 0.3) is 0 Å². The standard InChI is InChI=1S/C20H24ClN3O2/c1-2-23-11-13-24(14-12-23)18-9-5-4-8-17(18)22-20(25)15-26-19-10-6-3-7-16(19)21/h3-10H,2,11-15H2,1H3,(H,22,25)/p+1. The average molecular weight is 375 g/mol. The van der Waals surface area contributed by atoms with E-state index in [0.29, 0.717) is 10.8 Å². The molecule has 6 heteroatoms. The second kappa shape index (κ2) is 8.92. The van der Waals surface area contributed by atoms with Gasteiger partial charge in [-0.05, 0) is 31.2 Å². The maximum Gasteiger partial charge on any atom is 0.262 e. The molecule has 26 heavy (non-hydrogen) atoms. The zero-order valence-electron chi connectivity index (χ0n) is 15.0. The van der Waals surface area contributed by atoms with E-state index in [1.165, 1.54) is 0 Å². The molecule has 2 N–H and O–H groups in total. The number of halogens is 1. The molecule has 3 rings (SSSR count). The first-order valence-corrected chi connectivity index (χ1v) is 9.40. The highest BCUT2D eigenvalue weighted by atomic mass is 35.5. The lowest BCUT2D eigenvalue weighted by Gasteiger charge is -2.34. The molecule has 1 saturated heterocycles. The maximum atomic E-state index is 12.3. The molecular formula is C20H25ClN3O2+. The molecule has 1 aliphatic rings. The van der Waals surface area contributed by atoms with E-state index in [1.807, 2.05) is 30.3 Å². The number of anilines is 2. The molecule has 0 radical (unpaired) electrons. The summed E-state index contributed by atoms with van der Waals surface area (Å²) < 4.78 is 5.52. The predicted octanol–water partition coefficient (Wildman–Crippen LogP) is 2.08. The molecule has 2 aromatic carbocycles. The van der Waals surface area contributed by atoms with Gasteiger partial charge in [0.25, 0.3) is 5.91 Å². The zero-order valence-corrected chi connectivity index (χ0v) is 15.8.